The molecule has 0 bridgehead atoms. The standard InChI is InChI=1S/C15H18O2/c1-11(12-6-2-3-7-12)10-14(15(16)17)13-8-4-5-9-13/h2-9,11-14H,10H2,1H3,(H,16,17)/t11-,14+/m1/s1. The normalized spacial score (nSPS) is 22.4. The van der Waals surface area contributed by atoms with Gasteiger partial charge in [-0.3, -0.25) is 4.79 Å². The quantitative estimate of drug-likeness (QED) is 0.787. The summed E-state index contributed by atoms with van der Waals surface area (Å²) in [6.45, 7) is 2.13. The van der Waals surface area contributed by atoms with Crippen LogP contribution in [0.4, 0.5) is 0 Å². The molecule has 0 heterocycles. The largest absolute Gasteiger partial charge is 0.481 e. The van der Waals surface area contributed by atoms with E-state index in [0.717, 1.165) is 0 Å². The molecule has 0 fully saturated rings. The van der Waals surface area contributed by atoms with Gasteiger partial charge in [0.1, 0.15) is 0 Å². The fourth-order valence-electron chi connectivity index (χ4n) is 2.53. The first kappa shape index (κ1) is 11.9. The lowest BCUT2D eigenvalue weighted by Gasteiger charge is -2.23. The van der Waals surface area contributed by atoms with Crippen molar-refractivity contribution in [3.05, 3.63) is 48.6 Å². The highest BCUT2D eigenvalue weighted by atomic mass is 16.4. The molecule has 0 aromatic heterocycles. The van der Waals surface area contributed by atoms with Gasteiger partial charge in [0.05, 0.1) is 5.92 Å². The summed E-state index contributed by atoms with van der Waals surface area (Å²) in [5, 5.41) is 9.32. The van der Waals surface area contributed by atoms with Crippen LogP contribution in [0.15, 0.2) is 48.6 Å². The van der Waals surface area contributed by atoms with Crippen LogP contribution in [0, 0.1) is 23.7 Å². The zero-order chi connectivity index (χ0) is 12.3. The Morgan fingerprint density at radius 1 is 1.06 bits per heavy atom. The molecule has 0 amide bonds. The van der Waals surface area contributed by atoms with Gasteiger partial charge >= 0.3 is 5.97 Å². The number of hydrogen-bond acceptors (Lipinski definition) is 1. The zero-order valence-corrected chi connectivity index (χ0v) is 9.99. The van der Waals surface area contributed by atoms with Crippen LogP contribution in [0.25, 0.3) is 0 Å². The van der Waals surface area contributed by atoms with Crippen molar-refractivity contribution in [1.82, 2.24) is 0 Å². The summed E-state index contributed by atoms with van der Waals surface area (Å²) in [7, 11) is 0. The average molecular weight is 230 g/mol. The van der Waals surface area contributed by atoms with E-state index >= 15 is 0 Å². The second kappa shape index (κ2) is 5.17. The van der Waals surface area contributed by atoms with Crippen LogP contribution in [0.5, 0.6) is 0 Å². The summed E-state index contributed by atoms with van der Waals surface area (Å²) in [6.07, 6.45) is 16.9. The van der Waals surface area contributed by atoms with Crippen LogP contribution in [0.3, 0.4) is 0 Å². The lowest BCUT2D eigenvalue weighted by atomic mass is 9.81. The number of aliphatic carboxylic acids is 1. The van der Waals surface area contributed by atoms with Gasteiger partial charge < -0.3 is 5.11 Å². The van der Waals surface area contributed by atoms with Crippen LogP contribution in [0.1, 0.15) is 13.3 Å². The lowest BCUT2D eigenvalue weighted by Crippen LogP contribution is -2.24. The van der Waals surface area contributed by atoms with Gasteiger partial charge in [-0.2, -0.15) is 0 Å². The zero-order valence-electron chi connectivity index (χ0n) is 9.99. The third kappa shape index (κ3) is 2.76. The van der Waals surface area contributed by atoms with Gasteiger partial charge in [0.2, 0.25) is 0 Å². The molecule has 17 heavy (non-hydrogen) atoms. The number of rotatable bonds is 5. The molecule has 1 N–H and O–H groups in total. The second-order valence-electron chi connectivity index (χ2n) is 4.85. The monoisotopic (exact) mass is 230 g/mol. The molecule has 2 rings (SSSR count). The first-order chi connectivity index (χ1) is 8.18. The first-order valence-electron chi connectivity index (χ1n) is 6.11. The fourth-order valence-corrected chi connectivity index (χ4v) is 2.53. The van der Waals surface area contributed by atoms with Crippen molar-refractivity contribution in [2.45, 2.75) is 13.3 Å². The Kier molecular flexibility index (Phi) is 3.62. The van der Waals surface area contributed by atoms with Gasteiger partial charge in [-0.05, 0) is 18.3 Å². The summed E-state index contributed by atoms with van der Waals surface area (Å²) in [5.41, 5.74) is 0. The number of carbonyl (C=O) groups is 1. The van der Waals surface area contributed by atoms with Gasteiger partial charge in [-0.25, -0.2) is 0 Å². The van der Waals surface area contributed by atoms with Gasteiger partial charge in [-0.15, -0.1) is 0 Å². The van der Waals surface area contributed by atoms with Gasteiger partial charge in [0.15, 0.2) is 0 Å². The van der Waals surface area contributed by atoms with Crippen molar-refractivity contribution < 1.29 is 9.90 Å². The molecule has 0 aromatic rings. The maximum Gasteiger partial charge on any atom is 0.307 e. The van der Waals surface area contributed by atoms with E-state index in [-0.39, 0.29) is 11.8 Å². The summed E-state index contributed by atoms with van der Waals surface area (Å²) >= 11 is 0. The van der Waals surface area contributed by atoms with Crippen molar-refractivity contribution in [2.75, 3.05) is 0 Å². The van der Waals surface area contributed by atoms with Gasteiger partial charge in [0.25, 0.3) is 0 Å². The third-order valence-electron chi connectivity index (χ3n) is 3.62. The van der Waals surface area contributed by atoms with Crippen molar-refractivity contribution in [1.29, 1.82) is 0 Å². The molecule has 0 radical (unpaired) electrons. The second-order valence-corrected chi connectivity index (χ2v) is 4.85. The van der Waals surface area contributed by atoms with Gasteiger partial charge in [0, 0.05) is 5.92 Å². The molecule has 0 spiro atoms. The number of allylic oxidation sites excluding steroid dienone is 8. The number of carboxylic acid groups (broad SMARTS) is 1. The van der Waals surface area contributed by atoms with Crippen molar-refractivity contribution in [3.8, 4) is 0 Å². The molecule has 2 aliphatic carbocycles. The van der Waals surface area contributed by atoms with Crippen LogP contribution in [0.2, 0.25) is 0 Å². The molecule has 2 heteroatoms. The molecule has 0 aromatic carbocycles. The predicted molar refractivity (Wildman–Crippen MR) is 68.4 cm³/mol. The Balaban J connectivity index is 2.00. The molecule has 0 saturated carbocycles. The van der Waals surface area contributed by atoms with E-state index in [1.807, 2.05) is 36.5 Å². The predicted octanol–water partition coefficient (Wildman–Crippen LogP) is 3.20. The molecule has 90 valence electrons. The Hall–Kier alpha value is -1.57. The summed E-state index contributed by atoms with van der Waals surface area (Å²) in [4.78, 5) is 11.3. The topological polar surface area (TPSA) is 37.3 Å². The highest BCUT2D eigenvalue weighted by molar-refractivity contribution is 5.71. The maximum atomic E-state index is 11.3. The van der Waals surface area contributed by atoms with E-state index in [1.165, 1.54) is 0 Å². The van der Waals surface area contributed by atoms with Crippen LogP contribution < -0.4 is 0 Å². The van der Waals surface area contributed by atoms with E-state index in [2.05, 4.69) is 19.1 Å². The van der Waals surface area contributed by atoms with Crippen LogP contribution >= 0.6 is 0 Å². The summed E-state index contributed by atoms with van der Waals surface area (Å²) in [6, 6.07) is 0. The molecule has 2 aliphatic rings. The lowest BCUT2D eigenvalue weighted by molar-refractivity contribution is -0.143. The van der Waals surface area contributed by atoms with Crippen LogP contribution in [-0.4, -0.2) is 11.1 Å². The Morgan fingerprint density at radius 2 is 1.53 bits per heavy atom. The summed E-state index contributed by atoms with van der Waals surface area (Å²) in [5.74, 6) is -0.171. The van der Waals surface area contributed by atoms with E-state index < -0.39 is 5.97 Å². The average Bonchev–Trinajstić information content (AvgIpc) is 2.97. The molecular weight excluding hydrogens is 212 g/mol. The first-order valence-corrected chi connectivity index (χ1v) is 6.11. The molecule has 2 nitrogen and oxygen atoms in total. The highest BCUT2D eigenvalue weighted by Gasteiger charge is 2.29. The third-order valence-corrected chi connectivity index (χ3v) is 3.62. The maximum absolute atomic E-state index is 11.3. The molecule has 2 atom stereocenters. The molecule has 0 aliphatic heterocycles. The summed E-state index contributed by atoms with van der Waals surface area (Å²) < 4.78 is 0. The number of hydrogen-bond donors (Lipinski definition) is 1. The molecule has 0 unspecified atom stereocenters. The van der Waals surface area contributed by atoms with Gasteiger partial charge in [-0.1, -0.05) is 55.5 Å². The van der Waals surface area contributed by atoms with Crippen molar-refractivity contribution in [3.63, 3.8) is 0 Å². The smallest absolute Gasteiger partial charge is 0.307 e. The Morgan fingerprint density at radius 3 is 2.00 bits per heavy atom. The molecular formula is C15H18O2. The van der Waals surface area contributed by atoms with E-state index in [0.29, 0.717) is 18.3 Å². The fraction of sp³-hybridized carbons (Fsp3) is 0.400. The Labute approximate surface area is 102 Å². The SMILES string of the molecule is C[C@H](C[C@H](C(=O)O)C1C=CC=C1)C1C=CC=C1. The van der Waals surface area contributed by atoms with Crippen molar-refractivity contribution in [2.24, 2.45) is 23.7 Å². The van der Waals surface area contributed by atoms with Crippen molar-refractivity contribution >= 4 is 5.97 Å². The minimum absolute atomic E-state index is 0.0595. The number of carboxylic acids is 1. The van der Waals surface area contributed by atoms with Crippen LogP contribution in [-0.2, 0) is 4.79 Å². The highest BCUT2D eigenvalue weighted by Crippen LogP contribution is 2.31. The van der Waals surface area contributed by atoms with E-state index in [9.17, 15) is 9.90 Å². The van der Waals surface area contributed by atoms with E-state index in [4.69, 9.17) is 0 Å². The minimum atomic E-state index is -0.691. The minimum Gasteiger partial charge on any atom is -0.481 e. The molecule has 0 saturated heterocycles. The Bertz CT molecular complexity index is 377. The van der Waals surface area contributed by atoms with E-state index in [1.54, 1.807) is 0 Å².